The van der Waals surface area contributed by atoms with E-state index in [0.717, 1.165) is 0 Å². The molecule has 0 radical (unpaired) electrons. The number of hydrogen-bond acceptors (Lipinski definition) is 0. The van der Waals surface area contributed by atoms with Crippen molar-refractivity contribution in [1.82, 2.24) is 0 Å². The van der Waals surface area contributed by atoms with E-state index in [2.05, 4.69) is 197 Å². The van der Waals surface area contributed by atoms with Gasteiger partial charge in [-0.3, -0.25) is 0 Å². The Hall–Kier alpha value is -4.30. The van der Waals surface area contributed by atoms with E-state index >= 15 is 0 Å². The van der Waals surface area contributed by atoms with Crippen LogP contribution in [-0.4, -0.2) is 5.92 Å². The second-order valence-corrected chi connectivity index (χ2v) is 58.9. The van der Waals surface area contributed by atoms with Crippen molar-refractivity contribution in [1.29, 1.82) is 0 Å². The maximum atomic E-state index is 8.97. The Balaban J connectivity index is 1.24. The van der Waals surface area contributed by atoms with Gasteiger partial charge in [0.15, 0.2) is 0 Å². The number of fused-ring (bicyclic) bond motifs is 5. The van der Waals surface area contributed by atoms with Gasteiger partial charge < -0.3 is 0 Å². The minimum atomic E-state index is -5.15. The SMILES string of the molecule is CC1=Cc2c(-c3cccc4ccccc34)ccc(C)c2[CH]1[Zr]([Cl])([Cl])([CH]1C(c2ccc3ccccc3c2)=Cc2c(-c3cccc4ccccc34)cccc21)[SiH](C)C. The monoisotopic (exact) mass is 855 g/mol. The fourth-order valence-electron chi connectivity index (χ4n) is 10.4. The van der Waals surface area contributed by atoms with E-state index in [9.17, 15) is 0 Å². The fraction of sp³-hybridized carbons (Fsp3) is 0.115. The number of halogens is 2. The van der Waals surface area contributed by atoms with E-state index in [1.807, 2.05) is 0 Å². The number of hydrogen-bond donors (Lipinski definition) is 0. The molecule has 0 heterocycles. The van der Waals surface area contributed by atoms with Crippen molar-refractivity contribution in [3.05, 3.63) is 197 Å². The van der Waals surface area contributed by atoms with Crippen LogP contribution in [0.4, 0.5) is 0 Å². The Labute approximate surface area is 338 Å². The zero-order valence-corrected chi connectivity index (χ0v) is 37.3. The Bertz CT molecular complexity index is 2980. The van der Waals surface area contributed by atoms with Crippen LogP contribution >= 0.6 is 17.0 Å². The van der Waals surface area contributed by atoms with Crippen LogP contribution in [0.25, 0.3) is 72.3 Å². The molecule has 4 heteroatoms. The second-order valence-electron chi connectivity index (χ2n) is 16.4. The molecule has 0 spiro atoms. The summed E-state index contributed by atoms with van der Waals surface area (Å²) in [5.74, 6) is -1.81. The summed E-state index contributed by atoms with van der Waals surface area (Å²) in [5.41, 5.74) is 15.3. The first-order valence-electron chi connectivity index (χ1n) is 19.8. The summed E-state index contributed by atoms with van der Waals surface area (Å²) >= 11 is -5.15. The number of benzene rings is 8. The molecule has 0 bridgehead atoms. The molecule has 0 aliphatic heterocycles. The molecule has 2 aliphatic rings. The molecule has 0 saturated carbocycles. The van der Waals surface area contributed by atoms with E-state index in [-0.39, 0.29) is 7.25 Å². The predicted octanol–water partition coefficient (Wildman–Crippen LogP) is 15.5. The average Bonchev–Trinajstić information content (AvgIpc) is 3.81. The second kappa shape index (κ2) is 13.4. The van der Waals surface area contributed by atoms with Gasteiger partial charge in [-0.2, -0.15) is 0 Å². The summed E-state index contributed by atoms with van der Waals surface area (Å²) in [7, 11) is 17.9. The Morgan fingerprint density at radius 3 is 1.70 bits per heavy atom. The zero-order chi connectivity index (χ0) is 38.4. The molecule has 56 heavy (non-hydrogen) atoms. The van der Waals surface area contributed by atoms with Crippen LogP contribution in [0.15, 0.2) is 163 Å². The summed E-state index contributed by atoms with van der Waals surface area (Å²) in [5, 5.41) is 7.48. The van der Waals surface area contributed by atoms with Gasteiger partial charge in [0.1, 0.15) is 0 Å². The number of aryl methyl sites for hydroxylation is 1. The van der Waals surface area contributed by atoms with E-state index in [4.69, 9.17) is 17.0 Å². The molecule has 10 rings (SSSR count). The first-order valence-corrected chi connectivity index (χ1v) is 36.1. The molecule has 0 N–H and O–H groups in total. The van der Waals surface area contributed by atoms with Gasteiger partial charge in [-0.15, -0.1) is 0 Å². The van der Waals surface area contributed by atoms with E-state index in [1.165, 1.54) is 99.1 Å². The number of allylic oxidation sites excluding steroid dienone is 2. The first-order chi connectivity index (χ1) is 27.1. The van der Waals surface area contributed by atoms with Crippen molar-refractivity contribution >= 4 is 73.0 Å². The molecular weight excluding hydrogens is 815 g/mol. The average molecular weight is 858 g/mol. The van der Waals surface area contributed by atoms with Gasteiger partial charge in [0.2, 0.25) is 0 Å². The van der Waals surface area contributed by atoms with Gasteiger partial charge in [0, 0.05) is 0 Å². The normalized spacial score (nSPS) is 17.2. The third-order valence-electron chi connectivity index (χ3n) is 13.1. The van der Waals surface area contributed by atoms with Gasteiger partial charge in [0.05, 0.1) is 0 Å². The van der Waals surface area contributed by atoms with Crippen LogP contribution in [0.5, 0.6) is 0 Å². The summed E-state index contributed by atoms with van der Waals surface area (Å²) in [6.45, 7) is 9.49. The van der Waals surface area contributed by atoms with Crippen LogP contribution in [-0.2, 0) is 15.6 Å². The molecule has 0 fully saturated rings. The Morgan fingerprint density at radius 2 is 1.04 bits per heavy atom. The van der Waals surface area contributed by atoms with Gasteiger partial charge in [-0.1, -0.05) is 0 Å². The minimum absolute atomic E-state index is 0.0163. The van der Waals surface area contributed by atoms with Gasteiger partial charge in [0.25, 0.3) is 0 Å². The van der Waals surface area contributed by atoms with Crippen molar-refractivity contribution < 1.29 is 15.6 Å². The van der Waals surface area contributed by atoms with Gasteiger partial charge >= 0.3 is 342 Å². The van der Waals surface area contributed by atoms with Crippen molar-refractivity contribution in [3.8, 4) is 22.3 Å². The Kier molecular flexibility index (Phi) is 8.63. The van der Waals surface area contributed by atoms with Crippen molar-refractivity contribution in [2.75, 3.05) is 0 Å². The van der Waals surface area contributed by atoms with E-state index < -0.39 is 21.5 Å². The number of rotatable bonds is 6. The van der Waals surface area contributed by atoms with Crippen molar-refractivity contribution in [2.45, 2.75) is 34.2 Å². The third-order valence-corrected chi connectivity index (χ3v) is 65.0. The summed E-state index contributed by atoms with van der Waals surface area (Å²) in [6, 6.07) is 58.0. The molecule has 8 aromatic rings. The molecule has 0 amide bonds. The summed E-state index contributed by atoms with van der Waals surface area (Å²) in [4.78, 5) is 0. The summed E-state index contributed by atoms with van der Waals surface area (Å²) in [6.07, 6.45) is 4.92. The van der Waals surface area contributed by atoms with Crippen LogP contribution in [0.3, 0.4) is 0 Å². The maximum absolute atomic E-state index is 8.97. The molecular formula is C52H43Cl2SiZr. The molecule has 2 aliphatic carbocycles. The van der Waals surface area contributed by atoms with Gasteiger partial charge in [-0.25, -0.2) is 0 Å². The molecule has 0 saturated heterocycles. The predicted molar refractivity (Wildman–Crippen MR) is 245 cm³/mol. The molecule has 2 atom stereocenters. The zero-order valence-electron chi connectivity index (χ0n) is 32.2. The standard InChI is InChI=1S/C29H19.C21H17.C2H7Si.2ClH.Zr/c1-2-9-22-17-23(16-15-20(22)7-1)25-18-24-11-6-14-28(29(24)19-25)27-13-5-10-21-8-3-4-12-26(21)27;1-14-12-20-15(2)10-11-19(21(20)13-14)18-9-5-7-16-6-3-4-8-17(16)18;1-3-2;;;/h1-19H;3-13H,1-2H3;3H,1-2H3;2*1H;/q;;;;;+2/p-2. The molecule has 0 nitrogen and oxygen atoms in total. The molecule has 2 unspecified atom stereocenters. The molecule has 8 aromatic carbocycles. The summed E-state index contributed by atoms with van der Waals surface area (Å²) < 4.78 is -0.102. The third kappa shape index (κ3) is 5.33. The molecule has 0 aromatic heterocycles. The first kappa shape index (κ1) is 36.1. The van der Waals surface area contributed by atoms with Crippen LogP contribution in [0.2, 0.25) is 13.1 Å². The topological polar surface area (TPSA) is 0 Å². The van der Waals surface area contributed by atoms with Gasteiger partial charge in [-0.05, 0) is 0 Å². The van der Waals surface area contributed by atoms with Crippen LogP contribution in [0.1, 0.15) is 47.6 Å². The fourth-order valence-corrected chi connectivity index (χ4v) is 41.9. The van der Waals surface area contributed by atoms with Crippen LogP contribution in [0, 0.1) is 6.92 Å². The van der Waals surface area contributed by atoms with Crippen LogP contribution < -0.4 is 0 Å². The van der Waals surface area contributed by atoms with E-state index in [1.54, 1.807) is 0 Å². The van der Waals surface area contributed by atoms with E-state index in [0.29, 0.717) is 0 Å². The quantitative estimate of drug-likeness (QED) is 0.146. The Morgan fingerprint density at radius 1 is 0.482 bits per heavy atom. The molecule has 273 valence electrons. The van der Waals surface area contributed by atoms with Crippen molar-refractivity contribution in [3.63, 3.8) is 0 Å². The van der Waals surface area contributed by atoms with Crippen molar-refractivity contribution in [2.24, 2.45) is 0 Å².